The quantitative estimate of drug-likeness (QED) is 0.133. The van der Waals surface area contributed by atoms with Crippen molar-refractivity contribution < 1.29 is 0 Å². The van der Waals surface area contributed by atoms with Crippen LogP contribution in [-0.2, 0) is 0 Å². The number of hydrogen-bond donors (Lipinski definition) is 0. The Kier molecular flexibility index (Phi) is 9.76. The molecule has 0 saturated carbocycles. The van der Waals surface area contributed by atoms with Gasteiger partial charge in [-0.25, -0.2) is 0 Å². The Morgan fingerprint density at radius 1 is 0.283 bits per heavy atom. The minimum absolute atomic E-state index is 1.13. The van der Waals surface area contributed by atoms with Crippen LogP contribution in [0.1, 0.15) is 16.7 Å². The van der Waals surface area contributed by atoms with Crippen molar-refractivity contribution in [3.8, 4) is 22.3 Å². The number of nitrogens with zero attached hydrogens (tertiary/aromatic N) is 2. The molecule has 0 atom stereocenters. The average Bonchev–Trinajstić information content (AvgIpc) is 3.23. The largest absolute Gasteiger partial charge is 0.311 e. The summed E-state index contributed by atoms with van der Waals surface area (Å²) in [6.07, 6.45) is 4.36. The lowest BCUT2D eigenvalue weighted by molar-refractivity contribution is 1.27. The van der Waals surface area contributed by atoms with Gasteiger partial charge in [0.05, 0.1) is 0 Å². The van der Waals surface area contributed by atoms with Crippen LogP contribution in [0.3, 0.4) is 0 Å². The van der Waals surface area contributed by atoms with Crippen LogP contribution in [0.15, 0.2) is 212 Å². The fourth-order valence-electron chi connectivity index (χ4n) is 6.76. The fraction of sp³-hybridized carbons (Fsp3) is 0.0196. The van der Waals surface area contributed by atoms with Gasteiger partial charge in [0, 0.05) is 34.1 Å². The first-order chi connectivity index (χ1) is 26.2. The van der Waals surface area contributed by atoms with E-state index in [0.29, 0.717) is 0 Å². The Bertz CT molecular complexity index is 2360. The van der Waals surface area contributed by atoms with Crippen molar-refractivity contribution in [3.05, 3.63) is 229 Å². The van der Waals surface area contributed by atoms with Gasteiger partial charge >= 0.3 is 0 Å². The summed E-state index contributed by atoms with van der Waals surface area (Å²) in [5.74, 6) is 0. The number of benzene rings is 8. The Labute approximate surface area is 313 Å². The first kappa shape index (κ1) is 33.3. The predicted octanol–water partition coefficient (Wildman–Crippen LogP) is 14.4. The maximum atomic E-state index is 2.31. The lowest BCUT2D eigenvalue weighted by Gasteiger charge is -2.26. The third-order valence-electron chi connectivity index (χ3n) is 9.51. The van der Waals surface area contributed by atoms with Crippen LogP contribution in [-0.4, -0.2) is 0 Å². The highest BCUT2D eigenvalue weighted by Gasteiger charge is 2.14. The molecule has 0 amide bonds. The molecule has 0 spiro atoms. The maximum Gasteiger partial charge on any atom is 0.0464 e. The number of rotatable bonds is 10. The standard InChI is InChI=1S/C51H40N2/c1-39-12-11-19-51(38-39)53(48-17-9-4-10-18-48)50-36-32-45(33-37-50)43-28-24-41(25-29-43)21-20-40-22-26-42(27-23-40)44-30-34-49(35-31-44)52(46-13-5-2-6-14-46)47-15-7-3-8-16-47/h2-38H,1H3. The van der Waals surface area contributed by atoms with Gasteiger partial charge in [-0.1, -0.05) is 152 Å². The summed E-state index contributed by atoms with van der Waals surface area (Å²) >= 11 is 0. The van der Waals surface area contributed by atoms with Crippen molar-refractivity contribution in [2.24, 2.45) is 0 Å². The van der Waals surface area contributed by atoms with Gasteiger partial charge in [-0.05, 0) is 119 Å². The highest BCUT2D eigenvalue weighted by atomic mass is 15.1. The minimum Gasteiger partial charge on any atom is -0.311 e. The van der Waals surface area contributed by atoms with Crippen molar-refractivity contribution >= 4 is 46.3 Å². The Morgan fingerprint density at radius 3 is 0.943 bits per heavy atom. The molecule has 53 heavy (non-hydrogen) atoms. The van der Waals surface area contributed by atoms with E-state index in [1.165, 1.54) is 38.9 Å². The van der Waals surface area contributed by atoms with E-state index in [-0.39, 0.29) is 0 Å². The molecule has 0 N–H and O–H groups in total. The summed E-state index contributed by atoms with van der Waals surface area (Å²) in [7, 11) is 0. The van der Waals surface area contributed by atoms with E-state index in [4.69, 9.17) is 0 Å². The summed E-state index contributed by atoms with van der Waals surface area (Å²) in [4.78, 5) is 4.59. The van der Waals surface area contributed by atoms with E-state index in [1.807, 2.05) is 0 Å². The van der Waals surface area contributed by atoms with Crippen molar-refractivity contribution in [1.29, 1.82) is 0 Å². The van der Waals surface area contributed by atoms with Gasteiger partial charge in [0.1, 0.15) is 0 Å². The summed E-state index contributed by atoms with van der Waals surface area (Å²) in [6.45, 7) is 2.14. The number of anilines is 6. The van der Waals surface area contributed by atoms with Gasteiger partial charge < -0.3 is 9.80 Å². The van der Waals surface area contributed by atoms with Gasteiger partial charge in [0.2, 0.25) is 0 Å². The fourth-order valence-corrected chi connectivity index (χ4v) is 6.76. The van der Waals surface area contributed by atoms with Crippen molar-refractivity contribution in [2.75, 3.05) is 9.80 Å². The molecule has 8 rings (SSSR count). The zero-order chi connectivity index (χ0) is 35.8. The van der Waals surface area contributed by atoms with Crippen LogP contribution in [0.25, 0.3) is 34.4 Å². The maximum absolute atomic E-state index is 2.31. The van der Waals surface area contributed by atoms with Gasteiger partial charge in [-0.15, -0.1) is 0 Å². The molecule has 8 aromatic carbocycles. The Balaban J connectivity index is 0.941. The van der Waals surface area contributed by atoms with Crippen molar-refractivity contribution in [1.82, 2.24) is 0 Å². The lowest BCUT2D eigenvalue weighted by atomic mass is 10.0. The third kappa shape index (κ3) is 7.73. The van der Waals surface area contributed by atoms with E-state index in [2.05, 4.69) is 241 Å². The molecule has 0 aromatic heterocycles. The number of para-hydroxylation sites is 3. The molecule has 254 valence electrons. The molecular weight excluding hydrogens is 641 g/mol. The van der Waals surface area contributed by atoms with E-state index >= 15 is 0 Å². The molecule has 0 aliphatic rings. The Morgan fingerprint density at radius 2 is 0.585 bits per heavy atom. The molecular formula is C51H40N2. The average molecular weight is 681 g/mol. The van der Waals surface area contributed by atoms with Crippen LogP contribution in [0.4, 0.5) is 34.1 Å². The first-order valence-corrected chi connectivity index (χ1v) is 18.1. The van der Waals surface area contributed by atoms with Gasteiger partial charge in [-0.3, -0.25) is 0 Å². The highest BCUT2D eigenvalue weighted by Crippen LogP contribution is 2.37. The van der Waals surface area contributed by atoms with Crippen LogP contribution >= 0.6 is 0 Å². The van der Waals surface area contributed by atoms with Crippen molar-refractivity contribution in [3.63, 3.8) is 0 Å². The number of hydrogen-bond acceptors (Lipinski definition) is 2. The second kappa shape index (κ2) is 15.6. The third-order valence-corrected chi connectivity index (χ3v) is 9.51. The second-order valence-corrected chi connectivity index (χ2v) is 13.2. The SMILES string of the molecule is Cc1cccc(N(c2ccccc2)c2ccc(-c3ccc(C=Cc4ccc(-c5ccc(N(c6ccccc6)c6ccccc6)cc5)cc4)cc3)cc2)c1. The van der Waals surface area contributed by atoms with E-state index in [1.54, 1.807) is 0 Å². The molecule has 0 fully saturated rings. The lowest BCUT2D eigenvalue weighted by Crippen LogP contribution is -2.09. The first-order valence-electron chi connectivity index (χ1n) is 18.1. The monoisotopic (exact) mass is 680 g/mol. The van der Waals surface area contributed by atoms with Crippen LogP contribution in [0.2, 0.25) is 0 Å². The summed E-state index contributed by atoms with van der Waals surface area (Å²) in [6, 6.07) is 75.4. The molecule has 0 heterocycles. The topological polar surface area (TPSA) is 6.48 Å². The smallest absolute Gasteiger partial charge is 0.0464 e. The highest BCUT2D eigenvalue weighted by molar-refractivity contribution is 5.81. The van der Waals surface area contributed by atoms with Gasteiger partial charge in [0.15, 0.2) is 0 Å². The molecule has 8 aromatic rings. The van der Waals surface area contributed by atoms with E-state index < -0.39 is 0 Å². The summed E-state index contributed by atoms with van der Waals surface area (Å²) in [5, 5.41) is 0. The normalized spacial score (nSPS) is 11.0. The Hall–Kier alpha value is -6.90. The van der Waals surface area contributed by atoms with Crippen LogP contribution in [0.5, 0.6) is 0 Å². The number of aryl methyl sites for hydroxylation is 1. The molecule has 0 saturated heterocycles. The van der Waals surface area contributed by atoms with E-state index in [9.17, 15) is 0 Å². The zero-order valence-electron chi connectivity index (χ0n) is 29.8. The minimum atomic E-state index is 1.13. The molecule has 2 heteroatoms. The van der Waals surface area contributed by atoms with Gasteiger partial charge in [0.25, 0.3) is 0 Å². The van der Waals surface area contributed by atoms with Crippen LogP contribution in [0, 0.1) is 6.92 Å². The molecule has 0 unspecified atom stereocenters. The molecule has 0 bridgehead atoms. The predicted molar refractivity (Wildman–Crippen MR) is 227 cm³/mol. The summed E-state index contributed by atoms with van der Waals surface area (Å²) < 4.78 is 0. The van der Waals surface area contributed by atoms with Gasteiger partial charge in [-0.2, -0.15) is 0 Å². The molecule has 0 aliphatic carbocycles. The van der Waals surface area contributed by atoms with Crippen LogP contribution < -0.4 is 9.80 Å². The van der Waals surface area contributed by atoms with E-state index in [0.717, 1.165) is 34.1 Å². The summed E-state index contributed by atoms with van der Waals surface area (Å²) in [5.41, 5.74) is 15.2. The van der Waals surface area contributed by atoms with Crippen molar-refractivity contribution in [2.45, 2.75) is 6.92 Å². The molecule has 0 aliphatic heterocycles. The zero-order valence-corrected chi connectivity index (χ0v) is 29.8. The second-order valence-electron chi connectivity index (χ2n) is 13.2. The molecule has 0 radical (unpaired) electrons. The molecule has 2 nitrogen and oxygen atoms in total.